The van der Waals surface area contributed by atoms with Crippen LogP contribution in [0.4, 0.5) is 10.1 Å². The first-order valence-electron chi connectivity index (χ1n) is 10.2. The lowest BCUT2D eigenvalue weighted by Crippen LogP contribution is -2.12. The number of halogens is 1. The van der Waals surface area contributed by atoms with Crippen molar-refractivity contribution in [1.82, 2.24) is 4.68 Å². The zero-order chi connectivity index (χ0) is 23.5. The first-order chi connectivity index (χ1) is 16.6. The Morgan fingerprint density at radius 3 is 2.56 bits per heavy atom. The molecule has 0 radical (unpaired) electrons. The first-order valence-corrected chi connectivity index (χ1v) is 11.1. The Balaban J connectivity index is 1.59. The number of nitro groups is 1. The summed E-state index contributed by atoms with van der Waals surface area (Å²) in [6.07, 6.45) is 1.39. The van der Waals surface area contributed by atoms with Crippen molar-refractivity contribution in [1.29, 1.82) is 0 Å². The first kappa shape index (κ1) is 21.5. The molecule has 0 aliphatic carbocycles. The molecule has 0 N–H and O–H groups in total. The molecule has 3 aromatic carbocycles. The minimum absolute atomic E-state index is 0.00356. The van der Waals surface area contributed by atoms with Gasteiger partial charge in [-0.1, -0.05) is 30.3 Å². The number of thiazole rings is 1. The molecule has 0 atom stereocenters. The Labute approximate surface area is 197 Å². The third kappa shape index (κ3) is 4.44. The van der Waals surface area contributed by atoms with E-state index in [0.29, 0.717) is 28.5 Å². The Morgan fingerprint density at radius 1 is 1.09 bits per heavy atom. The lowest BCUT2D eigenvalue weighted by molar-refractivity contribution is -0.385. The molecule has 34 heavy (non-hydrogen) atoms. The van der Waals surface area contributed by atoms with Crippen molar-refractivity contribution in [2.75, 3.05) is 6.79 Å². The maximum Gasteiger partial charge on any atom is 0.282 e. The molecule has 0 fully saturated rings. The van der Waals surface area contributed by atoms with Gasteiger partial charge in [-0.3, -0.25) is 15.1 Å². The molecule has 0 saturated carbocycles. The summed E-state index contributed by atoms with van der Waals surface area (Å²) in [6, 6.07) is 18.6. The number of rotatable bonds is 6. The molecule has 1 aliphatic rings. The molecule has 2 heterocycles. The van der Waals surface area contributed by atoms with Gasteiger partial charge in [-0.15, -0.1) is 11.3 Å². The van der Waals surface area contributed by atoms with Crippen LogP contribution in [0, 0.1) is 15.9 Å². The van der Waals surface area contributed by atoms with E-state index in [0.717, 1.165) is 11.1 Å². The van der Waals surface area contributed by atoms with Gasteiger partial charge in [0.05, 0.1) is 35.0 Å². The van der Waals surface area contributed by atoms with E-state index >= 15 is 0 Å². The highest BCUT2D eigenvalue weighted by molar-refractivity contribution is 7.07. The summed E-state index contributed by atoms with van der Waals surface area (Å²) in [5.74, 6) is 0.381. The van der Waals surface area contributed by atoms with Crippen molar-refractivity contribution in [2.45, 2.75) is 6.54 Å². The van der Waals surface area contributed by atoms with Crippen molar-refractivity contribution in [2.24, 2.45) is 10.1 Å². The molecular weight excluding hydrogens is 459 g/mol. The Kier molecular flexibility index (Phi) is 5.88. The molecule has 4 aromatic rings. The fraction of sp³-hybridized carbons (Fsp3) is 0.0833. The second kappa shape index (κ2) is 9.28. The largest absolute Gasteiger partial charge is 0.454 e. The average Bonchev–Trinajstić information content (AvgIpc) is 3.48. The molecular formula is C24H17FN4O4S. The second-order valence-corrected chi connectivity index (χ2v) is 8.13. The number of ether oxygens (including phenoxy) is 2. The van der Waals surface area contributed by atoms with E-state index in [2.05, 4.69) is 10.1 Å². The van der Waals surface area contributed by atoms with Gasteiger partial charge < -0.3 is 9.47 Å². The number of nitro benzene ring substituents is 1. The third-order valence-corrected chi connectivity index (χ3v) is 5.95. The summed E-state index contributed by atoms with van der Waals surface area (Å²) in [5, 5.41) is 18.0. The van der Waals surface area contributed by atoms with Crippen LogP contribution in [0.2, 0.25) is 0 Å². The SMILES string of the molecule is O=[N+]([O-])c1cc2c(cc1C=Nn1c(-c3ccc(F)cc3)csc1=NCc1ccccc1)OCO2. The number of benzene rings is 3. The number of aromatic nitrogens is 1. The lowest BCUT2D eigenvalue weighted by atomic mass is 10.1. The molecule has 1 aliphatic heterocycles. The molecule has 1 aromatic heterocycles. The van der Waals surface area contributed by atoms with Crippen LogP contribution >= 0.6 is 11.3 Å². The van der Waals surface area contributed by atoms with Crippen LogP contribution in [0.15, 0.2) is 82.2 Å². The number of hydrogen-bond donors (Lipinski definition) is 0. The van der Waals surface area contributed by atoms with Crippen molar-refractivity contribution >= 4 is 23.2 Å². The molecule has 0 saturated heterocycles. The molecule has 10 heteroatoms. The predicted octanol–water partition coefficient (Wildman–Crippen LogP) is 4.98. The van der Waals surface area contributed by atoms with Crippen molar-refractivity contribution < 1.29 is 18.8 Å². The minimum Gasteiger partial charge on any atom is -0.454 e. The standard InChI is InChI=1S/C24H17FN4O4S/c25-19-8-6-17(7-9-19)21-14-34-24(26-12-16-4-2-1-3-5-16)28(21)27-13-18-10-22-23(33-15-32-22)11-20(18)29(30)31/h1-11,13-14H,12,15H2. The summed E-state index contributed by atoms with van der Waals surface area (Å²) in [6.45, 7) is 0.438. The maximum absolute atomic E-state index is 13.5. The van der Waals surface area contributed by atoms with Crippen LogP contribution in [-0.4, -0.2) is 22.6 Å². The van der Waals surface area contributed by atoms with Gasteiger partial charge in [0, 0.05) is 10.9 Å². The fourth-order valence-corrected chi connectivity index (χ4v) is 4.25. The molecule has 0 spiro atoms. The molecule has 0 amide bonds. The quantitative estimate of drug-likeness (QED) is 0.223. The normalized spacial score (nSPS) is 13.0. The molecule has 5 rings (SSSR count). The zero-order valence-corrected chi connectivity index (χ0v) is 18.4. The Morgan fingerprint density at radius 2 is 1.82 bits per heavy atom. The van der Waals surface area contributed by atoms with E-state index in [1.54, 1.807) is 16.8 Å². The minimum atomic E-state index is -0.497. The van der Waals surface area contributed by atoms with Gasteiger partial charge in [0.25, 0.3) is 5.69 Å². The van der Waals surface area contributed by atoms with Gasteiger partial charge in [0.1, 0.15) is 5.82 Å². The van der Waals surface area contributed by atoms with E-state index in [4.69, 9.17) is 9.47 Å². The topological polar surface area (TPSA) is 91.2 Å². The van der Waals surface area contributed by atoms with Gasteiger partial charge in [-0.05, 0) is 35.9 Å². The smallest absolute Gasteiger partial charge is 0.282 e. The van der Waals surface area contributed by atoms with E-state index in [1.807, 2.05) is 35.7 Å². The summed E-state index contributed by atoms with van der Waals surface area (Å²) < 4.78 is 25.7. The van der Waals surface area contributed by atoms with Crippen LogP contribution in [0.5, 0.6) is 11.5 Å². The van der Waals surface area contributed by atoms with Crippen molar-refractivity contribution in [3.8, 4) is 22.8 Å². The fourth-order valence-electron chi connectivity index (χ4n) is 3.41. The Bertz CT molecular complexity index is 1450. The van der Waals surface area contributed by atoms with Gasteiger partial charge in [-0.25, -0.2) is 9.07 Å². The zero-order valence-electron chi connectivity index (χ0n) is 17.6. The lowest BCUT2D eigenvalue weighted by Gasteiger charge is -2.05. The van der Waals surface area contributed by atoms with Gasteiger partial charge >= 0.3 is 0 Å². The summed E-state index contributed by atoms with van der Waals surface area (Å²) in [7, 11) is 0. The van der Waals surface area contributed by atoms with Crippen LogP contribution < -0.4 is 14.3 Å². The van der Waals surface area contributed by atoms with Crippen LogP contribution in [0.25, 0.3) is 11.3 Å². The summed E-state index contributed by atoms with van der Waals surface area (Å²) >= 11 is 1.37. The van der Waals surface area contributed by atoms with E-state index in [-0.39, 0.29) is 23.9 Å². The highest BCUT2D eigenvalue weighted by atomic mass is 32.1. The third-order valence-electron chi connectivity index (χ3n) is 5.10. The average molecular weight is 476 g/mol. The van der Waals surface area contributed by atoms with Crippen molar-refractivity contribution in [3.63, 3.8) is 0 Å². The number of nitrogens with zero attached hydrogens (tertiary/aromatic N) is 4. The monoisotopic (exact) mass is 476 g/mol. The molecule has 8 nitrogen and oxygen atoms in total. The molecule has 170 valence electrons. The van der Waals surface area contributed by atoms with E-state index in [9.17, 15) is 14.5 Å². The van der Waals surface area contributed by atoms with E-state index in [1.165, 1.54) is 41.8 Å². The molecule has 0 unspecified atom stereocenters. The van der Waals surface area contributed by atoms with Gasteiger partial charge in [0.15, 0.2) is 11.5 Å². The summed E-state index contributed by atoms with van der Waals surface area (Å²) in [5.41, 5.74) is 2.54. The van der Waals surface area contributed by atoms with Gasteiger partial charge in [0.2, 0.25) is 11.6 Å². The van der Waals surface area contributed by atoms with Gasteiger partial charge in [-0.2, -0.15) is 5.10 Å². The number of hydrogen-bond acceptors (Lipinski definition) is 7. The van der Waals surface area contributed by atoms with Crippen molar-refractivity contribution in [3.05, 3.63) is 104 Å². The number of fused-ring (bicyclic) bond motifs is 1. The van der Waals surface area contributed by atoms with Crippen LogP contribution in [-0.2, 0) is 6.54 Å². The summed E-state index contributed by atoms with van der Waals surface area (Å²) in [4.78, 5) is 16.4. The van der Waals surface area contributed by atoms with Crippen LogP contribution in [0.3, 0.4) is 0 Å². The second-order valence-electron chi connectivity index (χ2n) is 7.29. The highest BCUT2D eigenvalue weighted by Gasteiger charge is 2.22. The highest BCUT2D eigenvalue weighted by Crippen LogP contribution is 2.37. The predicted molar refractivity (Wildman–Crippen MR) is 126 cm³/mol. The Hall–Kier alpha value is -4.31. The maximum atomic E-state index is 13.5. The van der Waals surface area contributed by atoms with E-state index < -0.39 is 4.92 Å². The molecule has 0 bridgehead atoms. The van der Waals surface area contributed by atoms with Crippen LogP contribution in [0.1, 0.15) is 11.1 Å².